The first-order chi connectivity index (χ1) is 8.44. The number of hydrogen-bond donors (Lipinski definition) is 1. The number of benzene rings is 1. The standard InChI is InChI=1S/C13H16F3NO/c1-3-10(9-17-2)8-11-4-6-12(7-5-11)18-13(14,15)16/h4-8,17H,3,9H2,1-2H3. The third kappa shape index (κ3) is 5.23. The molecule has 0 aliphatic carbocycles. The molecular formula is C13H16F3NO. The van der Waals surface area contributed by atoms with Crippen molar-refractivity contribution in [3.63, 3.8) is 0 Å². The summed E-state index contributed by atoms with van der Waals surface area (Å²) in [6.45, 7) is 2.79. The number of likely N-dealkylation sites (N-methyl/N-ethyl adjacent to an activating group) is 1. The summed E-state index contributed by atoms with van der Waals surface area (Å²) in [6.07, 6.45) is -1.80. The first-order valence-electron chi connectivity index (χ1n) is 5.64. The molecule has 0 spiro atoms. The second-order valence-corrected chi connectivity index (χ2v) is 3.80. The molecule has 1 rings (SSSR count). The van der Waals surface area contributed by atoms with Crippen LogP contribution in [0.4, 0.5) is 13.2 Å². The van der Waals surface area contributed by atoms with Crippen LogP contribution in [0.25, 0.3) is 6.08 Å². The Labute approximate surface area is 104 Å². The van der Waals surface area contributed by atoms with Crippen molar-refractivity contribution in [2.24, 2.45) is 0 Å². The molecule has 0 fully saturated rings. The van der Waals surface area contributed by atoms with Gasteiger partial charge in [0.15, 0.2) is 0 Å². The number of ether oxygens (including phenoxy) is 1. The SMILES string of the molecule is CCC(=Cc1ccc(OC(F)(F)F)cc1)CNC. The minimum atomic E-state index is -4.64. The van der Waals surface area contributed by atoms with Crippen molar-refractivity contribution >= 4 is 6.08 Å². The van der Waals surface area contributed by atoms with Crippen molar-refractivity contribution in [2.75, 3.05) is 13.6 Å². The summed E-state index contributed by atoms with van der Waals surface area (Å²) in [5, 5.41) is 3.04. The van der Waals surface area contributed by atoms with Gasteiger partial charge in [0.1, 0.15) is 5.75 Å². The van der Waals surface area contributed by atoms with Gasteiger partial charge in [-0.1, -0.05) is 30.7 Å². The lowest BCUT2D eigenvalue weighted by atomic mass is 10.1. The molecule has 1 aromatic carbocycles. The summed E-state index contributed by atoms with van der Waals surface area (Å²) in [4.78, 5) is 0. The summed E-state index contributed by atoms with van der Waals surface area (Å²) in [6, 6.07) is 5.83. The number of nitrogens with one attached hydrogen (secondary N) is 1. The van der Waals surface area contributed by atoms with Crippen molar-refractivity contribution in [2.45, 2.75) is 19.7 Å². The highest BCUT2D eigenvalue weighted by atomic mass is 19.4. The van der Waals surface area contributed by atoms with Gasteiger partial charge in [-0.2, -0.15) is 0 Å². The van der Waals surface area contributed by atoms with E-state index in [0.717, 1.165) is 18.5 Å². The number of rotatable bonds is 5. The topological polar surface area (TPSA) is 21.3 Å². The zero-order valence-corrected chi connectivity index (χ0v) is 10.3. The van der Waals surface area contributed by atoms with Gasteiger partial charge in [-0.05, 0) is 31.2 Å². The maximum absolute atomic E-state index is 12.0. The number of alkyl halides is 3. The fourth-order valence-electron chi connectivity index (χ4n) is 1.51. The van der Waals surface area contributed by atoms with Gasteiger partial charge in [-0.15, -0.1) is 13.2 Å². The van der Waals surface area contributed by atoms with Crippen molar-refractivity contribution < 1.29 is 17.9 Å². The molecule has 0 bridgehead atoms. The maximum atomic E-state index is 12.0. The summed E-state index contributed by atoms with van der Waals surface area (Å²) in [7, 11) is 1.85. The van der Waals surface area contributed by atoms with Crippen LogP contribution < -0.4 is 10.1 Å². The van der Waals surface area contributed by atoms with E-state index in [9.17, 15) is 13.2 Å². The van der Waals surface area contributed by atoms with Gasteiger partial charge >= 0.3 is 6.36 Å². The van der Waals surface area contributed by atoms with E-state index in [2.05, 4.69) is 10.1 Å². The first kappa shape index (κ1) is 14.6. The molecule has 100 valence electrons. The fourth-order valence-corrected chi connectivity index (χ4v) is 1.51. The summed E-state index contributed by atoms with van der Waals surface area (Å²) < 4.78 is 39.7. The average Bonchev–Trinajstić information content (AvgIpc) is 2.29. The van der Waals surface area contributed by atoms with Gasteiger partial charge in [0.05, 0.1) is 0 Å². The highest BCUT2D eigenvalue weighted by molar-refractivity contribution is 5.54. The molecule has 2 nitrogen and oxygen atoms in total. The van der Waals surface area contributed by atoms with Crippen molar-refractivity contribution in [3.8, 4) is 5.75 Å². The average molecular weight is 259 g/mol. The number of hydrogen-bond acceptors (Lipinski definition) is 2. The predicted molar refractivity (Wildman–Crippen MR) is 65.3 cm³/mol. The highest BCUT2D eigenvalue weighted by Crippen LogP contribution is 2.23. The number of halogens is 3. The molecule has 0 unspecified atom stereocenters. The molecule has 5 heteroatoms. The molecular weight excluding hydrogens is 243 g/mol. The van der Waals surface area contributed by atoms with E-state index in [-0.39, 0.29) is 5.75 Å². The molecule has 1 N–H and O–H groups in total. The second-order valence-electron chi connectivity index (χ2n) is 3.80. The molecule has 0 radical (unpaired) electrons. The largest absolute Gasteiger partial charge is 0.573 e. The summed E-state index contributed by atoms with van der Waals surface area (Å²) in [5.41, 5.74) is 2.04. The molecule has 0 heterocycles. The molecule has 0 atom stereocenters. The summed E-state index contributed by atoms with van der Waals surface area (Å²) in [5.74, 6) is -0.202. The molecule has 0 saturated carbocycles. The van der Waals surface area contributed by atoms with E-state index in [1.165, 1.54) is 17.7 Å². The Balaban J connectivity index is 2.76. The lowest BCUT2D eigenvalue weighted by Gasteiger charge is -2.09. The van der Waals surface area contributed by atoms with Crippen LogP contribution in [0.2, 0.25) is 0 Å². The van der Waals surface area contributed by atoms with E-state index < -0.39 is 6.36 Å². The lowest BCUT2D eigenvalue weighted by Crippen LogP contribution is -2.16. The molecule has 0 amide bonds. The van der Waals surface area contributed by atoms with E-state index >= 15 is 0 Å². The van der Waals surface area contributed by atoms with Gasteiger partial charge in [0, 0.05) is 6.54 Å². The van der Waals surface area contributed by atoms with Crippen LogP contribution in [-0.4, -0.2) is 20.0 Å². The Morgan fingerprint density at radius 1 is 1.28 bits per heavy atom. The minimum Gasteiger partial charge on any atom is -0.406 e. The lowest BCUT2D eigenvalue weighted by molar-refractivity contribution is -0.274. The molecule has 0 aliphatic heterocycles. The second kappa shape index (κ2) is 6.44. The molecule has 18 heavy (non-hydrogen) atoms. The Hall–Kier alpha value is -1.49. The Morgan fingerprint density at radius 2 is 1.89 bits per heavy atom. The van der Waals surface area contributed by atoms with E-state index in [1.807, 2.05) is 20.0 Å². The molecule has 0 aromatic heterocycles. The van der Waals surface area contributed by atoms with Crippen LogP contribution in [0.1, 0.15) is 18.9 Å². The zero-order chi connectivity index (χ0) is 13.6. The first-order valence-corrected chi connectivity index (χ1v) is 5.64. The van der Waals surface area contributed by atoms with Gasteiger partial charge in [-0.25, -0.2) is 0 Å². The predicted octanol–water partition coefficient (Wildman–Crippen LogP) is 3.60. The van der Waals surface area contributed by atoms with Crippen LogP contribution in [-0.2, 0) is 0 Å². The van der Waals surface area contributed by atoms with Gasteiger partial charge in [0.25, 0.3) is 0 Å². The quantitative estimate of drug-likeness (QED) is 0.872. The molecule has 0 saturated heterocycles. The van der Waals surface area contributed by atoms with E-state index in [4.69, 9.17) is 0 Å². The maximum Gasteiger partial charge on any atom is 0.573 e. The Kier molecular flexibility index (Phi) is 5.22. The van der Waals surface area contributed by atoms with Crippen molar-refractivity contribution in [1.29, 1.82) is 0 Å². The van der Waals surface area contributed by atoms with Crippen LogP contribution in [0, 0.1) is 0 Å². The van der Waals surface area contributed by atoms with E-state index in [1.54, 1.807) is 12.1 Å². The van der Waals surface area contributed by atoms with E-state index in [0.29, 0.717) is 0 Å². The molecule has 1 aromatic rings. The monoisotopic (exact) mass is 259 g/mol. The van der Waals surface area contributed by atoms with Crippen molar-refractivity contribution in [1.82, 2.24) is 5.32 Å². The fraction of sp³-hybridized carbons (Fsp3) is 0.385. The van der Waals surface area contributed by atoms with Crippen LogP contribution >= 0.6 is 0 Å². The van der Waals surface area contributed by atoms with Crippen LogP contribution in [0.5, 0.6) is 5.75 Å². The summed E-state index contributed by atoms with van der Waals surface area (Å²) >= 11 is 0. The van der Waals surface area contributed by atoms with Gasteiger partial charge < -0.3 is 10.1 Å². The van der Waals surface area contributed by atoms with Gasteiger partial charge in [0.2, 0.25) is 0 Å². The molecule has 0 aliphatic rings. The minimum absolute atomic E-state index is 0.202. The smallest absolute Gasteiger partial charge is 0.406 e. The highest BCUT2D eigenvalue weighted by Gasteiger charge is 2.30. The van der Waals surface area contributed by atoms with Crippen LogP contribution in [0.3, 0.4) is 0 Å². The Morgan fingerprint density at radius 3 is 2.33 bits per heavy atom. The van der Waals surface area contributed by atoms with Gasteiger partial charge in [-0.3, -0.25) is 0 Å². The normalized spacial score (nSPS) is 12.6. The third-order valence-electron chi connectivity index (χ3n) is 2.34. The van der Waals surface area contributed by atoms with Crippen LogP contribution in [0.15, 0.2) is 29.8 Å². The zero-order valence-electron chi connectivity index (χ0n) is 10.3. The third-order valence-corrected chi connectivity index (χ3v) is 2.34. The van der Waals surface area contributed by atoms with Crippen molar-refractivity contribution in [3.05, 3.63) is 35.4 Å². The Bertz CT molecular complexity index is 396.